The monoisotopic (exact) mass is 517 g/mol. The fraction of sp³-hybridized carbons (Fsp3) is 0. The van der Waals surface area contributed by atoms with Gasteiger partial charge in [0, 0.05) is 31.9 Å². The van der Waals surface area contributed by atoms with Gasteiger partial charge in [0.05, 0.1) is 16.1 Å². The number of rotatable bonds is 4. The number of furan rings is 1. The van der Waals surface area contributed by atoms with Crippen LogP contribution in [0.25, 0.3) is 53.2 Å². The highest BCUT2D eigenvalue weighted by Gasteiger charge is 2.22. The standard InChI is InChI=1S/C36H23NOS/c1-2-10-24(11-3-1)25-20-22-26(23-21-25)37(31-16-8-14-29-27-12-4-6-18-33(27)38-35(29)31)32-17-9-15-30-28-13-5-7-19-34(28)39-36(30)32/h1-23H. The van der Waals surface area contributed by atoms with Crippen LogP contribution < -0.4 is 4.90 Å². The molecule has 3 heteroatoms. The van der Waals surface area contributed by atoms with Crippen LogP contribution in [0.2, 0.25) is 0 Å². The molecule has 0 aliphatic carbocycles. The molecule has 39 heavy (non-hydrogen) atoms. The average Bonchev–Trinajstić information content (AvgIpc) is 3.58. The third-order valence-corrected chi connectivity index (χ3v) is 8.69. The third kappa shape index (κ3) is 3.55. The molecule has 2 aromatic heterocycles. The molecule has 6 aromatic carbocycles. The Balaban J connectivity index is 1.40. The average molecular weight is 518 g/mol. The topological polar surface area (TPSA) is 16.4 Å². The van der Waals surface area contributed by atoms with Crippen LogP contribution in [0.1, 0.15) is 0 Å². The van der Waals surface area contributed by atoms with E-state index in [9.17, 15) is 0 Å². The van der Waals surface area contributed by atoms with Crippen LogP contribution in [0.3, 0.4) is 0 Å². The highest BCUT2D eigenvalue weighted by molar-refractivity contribution is 7.26. The van der Waals surface area contributed by atoms with E-state index < -0.39 is 0 Å². The number of hydrogen-bond donors (Lipinski definition) is 0. The van der Waals surface area contributed by atoms with Crippen molar-refractivity contribution in [3.05, 3.63) is 140 Å². The summed E-state index contributed by atoms with van der Waals surface area (Å²) in [6.07, 6.45) is 0. The van der Waals surface area contributed by atoms with Gasteiger partial charge in [-0.3, -0.25) is 0 Å². The lowest BCUT2D eigenvalue weighted by Gasteiger charge is -2.26. The Morgan fingerprint density at radius 2 is 1.10 bits per heavy atom. The summed E-state index contributed by atoms with van der Waals surface area (Å²) < 4.78 is 9.09. The maximum atomic E-state index is 6.53. The number of anilines is 3. The van der Waals surface area contributed by atoms with Gasteiger partial charge in [0.1, 0.15) is 5.58 Å². The maximum Gasteiger partial charge on any atom is 0.159 e. The first-order valence-electron chi connectivity index (χ1n) is 13.1. The molecule has 0 aliphatic rings. The van der Waals surface area contributed by atoms with Gasteiger partial charge in [0.2, 0.25) is 0 Å². The maximum absolute atomic E-state index is 6.53. The van der Waals surface area contributed by atoms with Gasteiger partial charge in [-0.05, 0) is 47.5 Å². The van der Waals surface area contributed by atoms with Gasteiger partial charge in [0.15, 0.2) is 5.58 Å². The Hall–Kier alpha value is -4.86. The number of benzene rings is 6. The predicted molar refractivity (Wildman–Crippen MR) is 167 cm³/mol. The van der Waals surface area contributed by atoms with Gasteiger partial charge in [-0.15, -0.1) is 11.3 Å². The third-order valence-electron chi connectivity index (χ3n) is 7.48. The summed E-state index contributed by atoms with van der Waals surface area (Å²) in [6.45, 7) is 0. The van der Waals surface area contributed by atoms with E-state index in [0.29, 0.717) is 0 Å². The smallest absolute Gasteiger partial charge is 0.159 e. The minimum absolute atomic E-state index is 0.893. The van der Waals surface area contributed by atoms with E-state index in [1.165, 1.54) is 31.3 Å². The summed E-state index contributed by atoms with van der Waals surface area (Å²) in [5, 5.41) is 4.82. The molecule has 0 spiro atoms. The molecule has 0 saturated carbocycles. The second-order valence-corrected chi connectivity index (χ2v) is 10.8. The largest absolute Gasteiger partial charge is 0.454 e. The van der Waals surface area contributed by atoms with Crippen LogP contribution in [-0.2, 0) is 0 Å². The van der Waals surface area contributed by atoms with Gasteiger partial charge in [-0.25, -0.2) is 0 Å². The van der Waals surface area contributed by atoms with Crippen molar-refractivity contribution < 1.29 is 4.42 Å². The molecule has 8 rings (SSSR count). The van der Waals surface area contributed by atoms with E-state index in [2.05, 4.69) is 132 Å². The van der Waals surface area contributed by atoms with Gasteiger partial charge >= 0.3 is 0 Å². The predicted octanol–water partition coefficient (Wildman–Crippen LogP) is 11.1. The van der Waals surface area contributed by atoms with Gasteiger partial charge in [-0.2, -0.15) is 0 Å². The van der Waals surface area contributed by atoms with Crippen molar-refractivity contribution in [2.45, 2.75) is 0 Å². The highest BCUT2D eigenvalue weighted by Crippen LogP contribution is 2.47. The Bertz CT molecular complexity index is 2010. The zero-order valence-corrected chi connectivity index (χ0v) is 21.9. The SMILES string of the molecule is c1ccc(-c2ccc(N(c3cccc4c3oc3ccccc34)c3cccc4c3sc3ccccc34)cc2)cc1. The van der Waals surface area contributed by atoms with Crippen molar-refractivity contribution in [1.29, 1.82) is 0 Å². The fourth-order valence-corrected chi connectivity index (χ4v) is 6.86. The van der Waals surface area contributed by atoms with Crippen LogP contribution >= 0.6 is 11.3 Å². The van der Waals surface area contributed by atoms with E-state index in [-0.39, 0.29) is 0 Å². The molecule has 0 atom stereocenters. The molecular formula is C36H23NOS. The van der Waals surface area contributed by atoms with Gasteiger partial charge < -0.3 is 9.32 Å². The number of thiophene rings is 1. The second-order valence-electron chi connectivity index (χ2n) is 9.75. The molecule has 0 amide bonds. The van der Waals surface area contributed by atoms with E-state index in [1.54, 1.807) is 0 Å². The molecule has 0 fully saturated rings. The summed E-state index contributed by atoms with van der Waals surface area (Å²) >= 11 is 1.84. The highest BCUT2D eigenvalue weighted by atomic mass is 32.1. The van der Waals surface area contributed by atoms with Crippen molar-refractivity contribution in [1.82, 2.24) is 0 Å². The zero-order chi connectivity index (χ0) is 25.8. The summed E-state index contributed by atoms with van der Waals surface area (Å²) in [6, 6.07) is 49.4. The van der Waals surface area contributed by atoms with Crippen LogP contribution in [0.5, 0.6) is 0 Å². The Labute approximate surface area is 230 Å². The van der Waals surface area contributed by atoms with E-state index >= 15 is 0 Å². The molecule has 184 valence electrons. The molecule has 8 aromatic rings. The number of para-hydroxylation sites is 2. The summed E-state index contributed by atoms with van der Waals surface area (Å²) in [5.74, 6) is 0. The molecule has 0 aliphatic heterocycles. The van der Waals surface area contributed by atoms with Gasteiger partial charge in [-0.1, -0.05) is 103 Å². The van der Waals surface area contributed by atoms with Crippen LogP contribution in [0.4, 0.5) is 17.1 Å². The first-order chi connectivity index (χ1) is 19.3. The molecule has 0 unspecified atom stereocenters. The molecule has 0 radical (unpaired) electrons. The molecule has 0 bridgehead atoms. The number of fused-ring (bicyclic) bond motifs is 6. The zero-order valence-electron chi connectivity index (χ0n) is 21.0. The van der Waals surface area contributed by atoms with E-state index in [1.807, 2.05) is 23.5 Å². The summed E-state index contributed by atoms with van der Waals surface area (Å²) in [7, 11) is 0. The molecule has 2 heterocycles. The van der Waals surface area contributed by atoms with Crippen molar-refractivity contribution >= 4 is 70.5 Å². The van der Waals surface area contributed by atoms with E-state index in [0.717, 1.165) is 39.0 Å². The van der Waals surface area contributed by atoms with Crippen molar-refractivity contribution in [2.24, 2.45) is 0 Å². The molecule has 0 N–H and O–H groups in total. The normalized spacial score (nSPS) is 11.6. The van der Waals surface area contributed by atoms with Crippen molar-refractivity contribution in [3.63, 3.8) is 0 Å². The number of hydrogen-bond acceptors (Lipinski definition) is 3. The summed E-state index contributed by atoms with van der Waals surface area (Å²) in [5.41, 5.74) is 7.47. The number of nitrogens with zero attached hydrogens (tertiary/aromatic N) is 1. The van der Waals surface area contributed by atoms with Crippen molar-refractivity contribution in [2.75, 3.05) is 4.90 Å². The molecule has 2 nitrogen and oxygen atoms in total. The summed E-state index contributed by atoms with van der Waals surface area (Å²) in [4.78, 5) is 2.36. The first kappa shape index (κ1) is 22.2. The minimum Gasteiger partial charge on any atom is -0.454 e. The van der Waals surface area contributed by atoms with Crippen molar-refractivity contribution in [3.8, 4) is 11.1 Å². The van der Waals surface area contributed by atoms with Crippen LogP contribution in [0.15, 0.2) is 144 Å². The Morgan fingerprint density at radius 3 is 1.95 bits per heavy atom. The Kier molecular flexibility index (Phi) is 5.04. The lowest BCUT2D eigenvalue weighted by Crippen LogP contribution is -2.10. The lowest BCUT2D eigenvalue weighted by atomic mass is 10.0. The Morgan fingerprint density at radius 1 is 0.462 bits per heavy atom. The van der Waals surface area contributed by atoms with Crippen LogP contribution in [-0.4, -0.2) is 0 Å². The fourth-order valence-electron chi connectivity index (χ4n) is 5.66. The molecular weight excluding hydrogens is 494 g/mol. The lowest BCUT2D eigenvalue weighted by molar-refractivity contribution is 0.669. The van der Waals surface area contributed by atoms with Crippen LogP contribution in [0, 0.1) is 0 Å². The van der Waals surface area contributed by atoms with Gasteiger partial charge in [0.25, 0.3) is 0 Å². The molecule has 0 saturated heterocycles. The van der Waals surface area contributed by atoms with E-state index in [4.69, 9.17) is 4.42 Å². The second kappa shape index (κ2) is 8.87. The quantitative estimate of drug-likeness (QED) is 0.231. The first-order valence-corrected chi connectivity index (χ1v) is 13.9. The minimum atomic E-state index is 0.893.